The first kappa shape index (κ1) is 24.2. The summed E-state index contributed by atoms with van der Waals surface area (Å²) in [7, 11) is 0. The molecule has 1 aromatic carbocycles. The van der Waals surface area contributed by atoms with Crippen molar-refractivity contribution in [3.8, 4) is 11.5 Å². The van der Waals surface area contributed by atoms with E-state index in [1.807, 2.05) is 6.92 Å². The summed E-state index contributed by atoms with van der Waals surface area (Å²) < 4.78 is 45.4. The van der Waals surface area contributed by atoms with Gasteiger partial charge in [0.15, 0.2) is 0 Å². The Morgan fingerprint density at radius 2 is 1.89 bits per heavy atom. The Hall–Kier alpha value is -4.48. The molecular weight excluding hydrogens is 491 g/mol. The van der Waals surface area contributed by atoms with Crippen LogP contribution in [0.25, 0.3) is 0 Å². The van der Waals surface area contributed by atoms with Crippen molar-refractivity contribution in [2.75, 3.05) is 21.7 Å². The van der Waals surface area contributed by atoms with E-state index in [1.54, 1.807) is 24.3 Å². The molecule has 1 N–H and O–H groups in total. The average molecular weight is 511 g/mol. The van der Waals surface area contributed by atoms with Crippen molar-refractivity contribution >= 4 is 35.0 Å². The van der Waals surface area contributed by atoms with Gasteiger partial charge in [-0.2, -0.15) is 13.2 Å². The van der Waals surface area contributed by atoms with Crippen molar-refractivity contribution in [2.24, 2.45) is 0 Å². The zero-order chi connectivity index (χ0) is 26.3. The SMILES string of the molecule is CCc1cc(Oc2ccnc3c2CCC(=O)N3)ccc1N1C(=O)CN(c2cncc(C(F)(F)F)c2)C1=O. The second-order valence-corrected chi connectivity index (χ2v) is 8.46. The van der Waals surface area contributed by atoms with Gasteiger partial charge < -0.3 is 10.1 Å². The zero-order valence-corrected chi connectivity index (χ0v) is 19.5. The van der Waals surface area contributed by atoms with Crippen molar-refractivity contribution in [1.29, 1.82) is 0 Å². The molecule has 4 heterocycles. The first-order chi connectivity index (χ1) is 17.7. The number of nitrogens with one attached hydrogen (secondary N) is 1. The average Bonchev–Trinajstić information content (AvgIpc) is 3.17. The Kier molecular flexibility index (Phi) is 6.02. The molecule has 3 aromatic rings. The molecule has 2 aliphatic rings. The lowest BCUT2D eigenvalue weighted by atomic mass is 10.1. The maximum absolute atomic E-state index is 13.2. The van der Waals surface area contributed by atoms with Crippen molar-refractivity contribution in [2.45, 2.75) is 32.4 Å². The predicted molar refractivity (Wildman–Crippen MR) is 127 cm³/mol. The fraction of sp³-hybridized carbons (Fsp3) is 0.240. The molecule has 0 atom stereocenters. The first-order valence-electron chi connectivity index (χ1n) is 11.4. The normalized spacial score (nSPS) is 15.6. The van der Waals surface area contributed by atoms with E-state index in [2.05, 4.69) is 15.3 Å². The molecule has 0 spiro atoms. The van der Waals surface area contributed by atoms with Crippen LogP contribution in [0.15, 0.2) is 48.9 Å². The number of fused-ring (bicyclic) bond motifs is 1. The number of pyridine rings is 2. The quantitative estimate of drug-likeness (QED) is 0.498. The van der Waals surface area contributed by atoms with Crippen LogP contribution in [0.2, 0.25) is 0 Å². The lowest BCUT2D eigenvalue weighted by Gasteiger charge is -2.21. The van der Waals surface area contributed by atoms with E-state index in [1.165, 1.54) is 6.20 Å². The zero-order valence-electron chi connectivity index (χ0n) is 19.5. The number of carbonyl (C=O) groups is 3. The third-order valence-corrected chi connectivity index (χ3v) is 6.10. The highest BCUT2D eigenvalue weighted by molar-refractivity contribution is 6.27. The molecule has 1 fully saturated rings. The minimum absolute atomic E-state index is 0.121. The largest absolute Gasteiger partial charge is 0.457 e. The monoisotopic (exact) mass is 511 g/mol. The minimum Gasteiger partial charge on any atom is -0.457 e. The third-order valence-electron chi connectivity index (χ3n) is 6.10. The topological polar surface area (TPSA) is 105 Å². The van der Waals surface area contributed by atoms with Crippen LogP contribution in [0.1, 0.15) is 30.0 Å². The number of halogens is 3. The van der Waals surface area contributed by atoms with Gasteiger partial charge in [-0.1, -0.05) is 6.92 Å². The summed E-state index contributed by atoms with van der Waals surface area (Å²) in [6, 6.07) is 6.55. The number of hydrogen-bond acceptors (Lipinski definition) is 6. The molecule has 0 saturated carbocycles. The molecule has 5 rings (SSSR count). The lowest BCUT2D eigenvalue weighted by molar-refractivity contribution is -0.137. The summed E-state index contributed by atoms with van der Waals surface area (Å²) in [6.07, 6.45) is -0.122. The number of anilines is 3. The third kappa shape index (κ3) is 4.57. The molecule has 0 aliphatic carbocycles. The van der Waals surface area contributed by atoms with Gasteiger partial charge >= 0.3 is 12.2 Å². The molecule has 2 aliphatic heterocycles. The van der Waals surface area contributed by atoms with E-state index in [-0.39, 0.29) is 11.6 Å². The van der Waals surface area contributed by atoms with Gasteiger partial charge in [0.1, 0.15) is 23.9 Å². The Morgan fingerprint density at radius 1 is 1.08 bits per heavy atom. The molecule has 4 amide bonds. The van der Waals surface area contributed by atoms with Crippen LogP contribution in [0.3, 0.4) is 0 Å². The van der Waals surface area contributed by atoms with E-state index in [9.17, 15) is 27.6 Å². The van der Waals surface area contributed by atoms with Crippen LogP contribution in [0, 0.1) is 0 Å². The van der Waals surface area contributed by atoms with Gasteiger partial charge in [0.25, 0.3) is 5.91 Å². The Morgan fingerprint density at radius 3 is 2.65 bits per heavy atom. The Bertz CT molecular complexity index is 1430. The molecule has 37 heavy (non-hydrogen) atoms. The fourth-order valence-electron chi connectivity index (χ4n) is 4.28. The smallest absolute Gasteiger partial charge is 0.417 e. The van der Waals surface area contributed by atoms with E-state index >= 15 is 0 Å². The van der Waals surface area contributed by atoms with Gasteiger partial charge in [0, 0.05) is 24.4 Å². The van der Waals surface area contributed by atoms with Gasteiger partial charge in [-0.3, -0.25) is 19.5 Å². The van der Waals surface area contributed by atoms with E-state index in [0.29, 0.717) is 54.0 Å². The highest BCUT2D eigenvalue weighted by atomic mass is 19.4. The highest BCUT2D eigenvalue weighted by Crippen LogP contribution is 2.37. The van der Waals surface area contributed by atoms with E-state index < -0.39 is 30.2 Å². The number of alkyl halides is 3. The number of urea groups is 1. The van der Waals surface area contributed by atoms with Gasteiger partial charge in [0.05, 0.1) is 23.1 Å². The molecule has 1 saturated heterocycles. The molecule has 0 radical (unpaired) electrons. The van der Waals surface area contributed by atoms with E-state index in [4.69, 9.17) is 4.74 Å². The maximum atomic E-state index is 13.2. The fourth-order valence-corrected chi connectivity index (χ4v) is 4.28. The summed E-state index contributed by atoms with van der Waals surface area (Å²) in [6.45, 7) is 1.42. The van der Waals surface area contributed by atoms with Gasteiger partial charge in [0.2, 0.25) is 5.91 Å². The van der Waals surface area contributed by atoms with Crippen molar-refractivity contribution in [3.05, 3.63) is 65.6 Å². The van der Waals surface area contributed by atoms with Crippen LogP contribution >= 0.6 is 0 Å². The number of nitrogens with zero attached hydrogens (tertiary/aromatic N) is 4. The Labute approximate surface area is 208 Å². The van der Waals surface area contributed by atoms with Crippen molar-refractivity contribution < 1.29 is 32.3 Å². The number of imide groups is 1. The number of carbonyl (C=O) groups excluding carboxylic acids is 3. The number of aryl methyl sites for hydroxylation is 1. The molecule has 12 heteroatoms. The summed E-state index contributed by atoms with van der Waals surface area (Å²) in [5.74, 6) is 0.716. The number of rotatable bonds is 5. The van der Waals surface area contributed by atoms with Crippen LogP contribution < -0.4 is 19.9 Å². The Balaban J connectivity index is 1.42. The minimum atomic E-state index is -4.64. The number of ether oxygens (including phenoxy) is 1. The summed E-state index contributed by atoms with van der Waals surface area (Å²) in [5.41, 5.74) is 0.566. The van der Waals surface area contributed by atoms with Crippen LogP contribution in [-0.4, -0.2) is 34.4 Å². The highest BCUT2D eigenvalue weighted by Gasteiger charge is 2.40. The van der Waals surface area contributed by atoms with Crippen molar-refractivity contribution in [1.82, 2.24) is 9.97 Å². The van der Waals surface area contributed by atoms with Crippen LogP contribution in [-0.2, 0) is 28.6 Å². The second-order valence-electron chi connectivity index (χ2n) is 8.46. The van der Waals surface area contributed by atoms with Gasteiger partial charge in [-0.05, 0) is 48.7 Å². The van der Waals surface area contributed by atoms with E-state index in [0.717, 1.165) is 27.6 Å². The number of benzene rings is 1. The molecule has 190 valence electrons. The summed E-state index contributed by atoms with van der Waals surface area (Å²) in [5, 5.41) is 2.71. The van der Waals surface area contributed by atoms with Crippen LogP contribution in [0.5, 0.6) is 11.5 Å². The predicted octanol–water partition coefficient (Wildman–Crippen LogP) is 4.71. The number of amides is 4. The van der Waals surface area contributed by atoms with Crippen LogP contribution in [0.4, 0.5) is 35.2 Å². The number of aromatic nitrogens is 2. The summed E-state index contributed by atoms with van der Waals surface area (Å²) >= 11 is 0. The van der Waals surface area contributed by atoms with Crippen molar-refractivity contribution in [3.63, 3.8) is 0 Å². The van der Waals surface area contributed by atoms with Gasteiger partial charge in [-0.15, -0.1) is 0 Å². The maximum Gasteiger partial charge on any atom is 0.417 e. The standard InChI is InChI=1S/C25H20F3N5O4/c1-2-14-9-17(37-20-7-8-30-23-18(20)4-6-21(34)31-23)3-5-19(14)33-22(35)13-32(24(33)36)16-10-15(11-29-12-16)25(26,27)28/h3,5,7-12H,2,4,6,13H2,1H3,(H,30,31,34). The lowest BCUT2D eigenvalue weighted by Crippen LogP contribution is -2.33. The second kappa shape index (κ2) is 9.19. The molecular formula is C25H20F3N5O4. The molecule has 0 bridgehead atoms. The first-order valence-corrected chi connectivity index (χ1v) is 11.4. The van der Waals surface area contributed by atoms with Gasteiger partial charge in [-0.25, -0.2) is 14.7 Å². The molecule has 0 unspecified atom stereocenters. The summed E-state index contributed by atoms with van der Waals surface area (Å²) in [4.78, 5) is 47.3. The molecule has 2 aromatic heterocycles. The number of hydrogen-bond donors (Lipinski definition) is 1. The molecule has 9 nitrogen and oxygen atoms in total.